The van der Waals surface area contributed by atoms with Crippen LogP contribution < -0.4 is 10.6 Å². The highest BCUT2D eigenvalue weighted by Gasteiger charge is 2.55. The van der Waals surface area contributed by atoms with Gasteiger partial charge in [0.15, 0.2) is 0 Å². The minimum absolute atomic E-state index is 0.0395. The molecule has 0 radical (unpaired) electrons. The number of carbonyl (C=O) groups is 3. The number of amides is 2. The summed E-state index contributed by atoms with van der Waals surface area (Å²) in [6, 6.07) is 12.8. The molecule has 4 rings (SSSR count). The quantitative estimate of drug-likeness (QED) is 0.494. The van der Waals surface area contributed by atoms with E-state index in [0.717, 1.165) is 22.3 Å². The van der Waals surface area contributed by atoms with Gasteiger partial charge >= 0.3 is 18.0 Å². The number of benzene rings is 2. The first kappa shape index (κ1) is 24.6. The zero-order valence-electron chi connectivity index (χ0n) is 19.5. The Kier molecular flexibility index (Phi) is 6.78. The molecule has 2 amide bonds. The van der Waals surface area contributed by atoms with Crippen molar-refractivity contribution in [1.82, 2.24) is 10.6 Å². The van der Waals surface area contributed by atoms with Crippen LogP contribution in [-0.2, 0) is 14.3 Å². The first-order valence-corrected chi connectivity index (χ1v) is 11.6. The molecule has 2 aromatic rings. The Bertz CT molecular complexity index is 1090. The lowest BCUT2D eigenvalue weighted by atomic mass is 9.98. The van der Waals surface area contributed by atoms with Gasteiger partial charge < -0.3 is 20.5 Å². The fourth-order valence-corrected chi connectivity index (χ4v) is 4.48. The molecular weight excluding hydrogens is 458 g/mol. The van der Waals surface area contributed by atoms with E-state index in [2.05, 4.69) is 10.6 Å². The number of hydrogen-bond acceptors (Lipinski definition) is 4. The molecular formula is C26H28F2N2O5. The highest BCUT2D eigenvalue weighted by atomic mass is 19.3. The van der Waals surface area contributed by atoms with Crippen LogP contribution in [0.4, 0.5) is 13.6 Å². The van der Waals surface area contributed by atoms with Gasteiger partial charge in [0.2, 0.25) is 0 Å². The molecule has 1 saturated carbocycles. The Morgan fingerprint density at radius 3 is 2.06 bits per heavy atom. The number of nitrogens with one attached hydrogen (secondary N) is 2. The molecule has 0 bridgehead atoms. The fourth-order valence-electron chi connectivity index (χ4n) is 4.48. The second kappa shape index (κ2) is 9.64. The average Bonchev–Trinajstić information content (AvgIpc) is 3.62. The zero-order chi connectivity index (χ0) is 25.3. The third kappa shape index (κ3) is 4.99. The number of carboxylic acid groups (broad SMARTS) is 1. The van der Waals surface area contributed by atoms with Gasteiger partial charge in [0, 0.05) is 12.0 Å². The lowest BCUT2D eigenvalue weighted by Gasteiger charge is -2.28. The number of halogens is 2. The highest BCUT2D eigenvalue weighted by Crippen LogP contribution is 2.44. The van der Waals surface area contributed by atoms with Gasteiger partial charge in [0.05, 0.1) is 5.92 Å². The number of fused-ring (bicyclic) bond motifs is 3. The van der Waals surface area contributed by atoms with Crippen molar-refractivity contribution in [3.8, 4) is 11.1 Å². The smallest absolute Gasteiger partial charge is 0.407 e. The maximum absolute atomic E-state index is 15.1. The molecule has 3 unspecified atom stereocenters. The van der Waals surface area contributed by atoms with E-state index < -0.39 is 47.8 Å². The van der Waals surface area contributed by atoms with Crippen molar-refractivity contribution >= 4 is 18.0 Å². The van der Waals surface area contributed by atoms with Gasteiger partial charge in [-0.05, 0) is 54.9 Å². The van der Waals surface area contributed by atoms with Crippen LogP contribution in [0.15, 0.2) is 48.5 Å². The molecule has 186 valence electrons. The van der Waals surface area contributed by atoms with Crippen molar-refractivity contribution in [2.45, 2.75) is 50.6 Å². The van der Waals surface area contributed by atoms with E-state index in [1.165, 1.54) is 13.8 Å². The lowest BCUT2D eigenvalue weighted by Crippen LogP contribution is -2.58. The maximum atomic E-state index is 15.1. The number of hydrogen-bond donors (Lipinski definition) is 3. The summed E-state index contributed by atoms with van der Waals surface area (Å²) < 4.78 is 35.5. The largest absolute Gasteiger partial charge is 0.481 e. The van der Waals surface area contributed by atoms with Crippen LogP contribution >= 0.6 is 0 Å². The monoisotopic (exact) mass is 486 g/mol. The maximum Gasteiger partial charge on any atom is 0.407 e. The van der Waals surface area contributed by atoms with Crippen molar-refractivity contribution in [2.75, 3.05) is 6.61 Å². The van der Waals surface area contributed by atoms with E-state index in [4.69, 9.17) is 9.84 Å². The number of alkyl carbamates (subject to hydrolysis) is 1. The van der Waals surface area contributed by atoms with Gasteiger partial charge in [-0.15, -0.1) is 0 Å². The minimum Gasteiger partial charge on any atom is -0.481 e. The number of alkyl halides is 2. The van der Waals surface area contributed by atoms with Gasteiger partial charge in [-0.1, -0.05) is 48.5 Å². The number of ether oxygens (including phenoxy) is 1. The topological polar surface area (TPSA) is 105 Å². The van der Waals surface area contributed by atoms with Crippen LogP contribution in [0, 0.1) is 11.8 Å². The van der Waals surface area contributed by atoms with Crippen molar-refractivity contribution < 1.29 is 33.0 Å². The summed E-state index contributed by atoms with van der Waals surface area (Å²) in [6.07, 6.45) is -0.139. The van der Waals surface area contributed by atoms with Gasteiger partial charge in [-0.2, -0.15) is 8.78 Å². The molecule has 3 atom stereocenters. The van der Waals surface area contributed by atoms with Crippen LogP contribution in [0.3, 0.4) is 0 Å². The minimum atomic E-state index is -3.93. The lowest BCUT2D eigenvalue weighted by molar-refractivity contribution is -0.152. The first-order valence-electron chi connectivity index (χ1n) is 11.6. The van der Waals surface area contributed by atoms with Crippen molar-refractivity contribution in [3.05, 3.63) is 59.7 Å². The normalized spacial score (nSPS) is 17.5. The van der Waals surface area contributed by atoms with Gasteiger partial charge in [0.25, 0.3) is 5.91 Å². The van der Waals surface area contributed by atoms with Crippen LogP contribution in [-0.4, -0.2) is 47.7 Å². The van der Waals surface area contributed by atoms with Crippen LogP contribution in [0.25, 0.3) is 11.1 Å². The Hall–Kier alpha value is -3.49. The van der Waals surface area contributed by atoms with Crippen molar-refractivity contribution in [3.63, 3.8) is 0 Å². The summed E-state index contributed by atoms with van der Waals surface area (Å²) in [7, 11) is 0. The Balaban J connectivity index is 1.42. The Labute approximate surface area is 201 Å². The van der Waals surface area contributed by atoms with Crippen molar-refractivity contribution in [1.29, 1.82) is 0 Å². The van der Waals surface area contributed by atoms with Crippen molar-refractivity contribution in [2.24, 2.45) is 11.8 Å². The first-order chi connectivity index (χ1) is 16.6. The molecule has 0 heterocycles. The average molecular weight is 487 g/mol. The molecule has 3 N–H and O–H groups in total. The predicted molar refractivity (Wildman–Crippen MR) is 124 cm³/mol. The van der Waals surface area contributed by atoms with E-state index in [-0.39, 0.29) is 12.5 Å². The standard InChI is InChI=1S/C26H28F2N2O5/c1-14(23(31)32)15(2)29-24(33)26(27,28)22(16-11-12-16)30-25(34)35-13-21-19-9-5-3-7-17(19)18-8-4-6-10-20(18)21/h3-10,14-16,21-22H,11-13H2,1-2H3,(H,29,33)(H,30,34)(H,31,32). The predicted octanol–water partition coefficient (Wildman–Crippen LogP) is 4.16. The van der Waals surface area contributed by atoms with E-state index in [1.54, 1.807) is 0 Å². The molecule has 2 aliphatic rings. The molecule has 9 heteroatoms. The van der Waals surface area contributed by atoms with Crippen LogP contribution in [0.2, 0.25) is 0 Å². The number of carboxylic acids is 1. The fraction of sp³-hybridized carbons (Fsp3) is 0.423. The summed E-state index contributed by atoms with van der Waals surface area (Å²) in [6.45, 7) is 2.62. The molecule has 0 spiro atoms. The molecule has 2 aromatic carbocycles. The number of aliphatic carboxylic acids is 1. The summed E-state index contributed by atoms with van der Waals surface area (Å²) in [5.74, 6) is -8.60. The van der Waals surface area contributed by atoms with E-state index in [1.807, 2.05) is 48.5 Å². The van der Waals surface area contributed by atoms with E-state index in [9.17, 15) is 14.4 Å². The van der Waals surface area contributed by atoms with E-state index in [0.29, 0.717) is 12.8 Å². The zero-order valence-corrected chi connectivity index (χ0v) is 19.5. The molecule has 0 aliphatic heterocycles. The Morgan fingerprint density at radius 2 is 1.54 bits per heavy atom. The molecule has 0 saturated heterocycles. The summed E-state index contributed by atoms with van der Waals surface area (Å²) in [4.78, 5) is 36.0. The molecule has 2 aliphatic carbocycles. The molecule has 35 heavy (non-hydrogen) atoms. The number of rotatable bonds is 9. The number of carbonyl (C=O) groups excluding carboxylic acids is 2. The second-order valence-electron chi connectivity index (χ2n) is 9.30. The summed E-state index contributed by atoms with van der Waals surface area (Å²) in [5.41, 5.74) is 4.07. The van der Waals surface area contributed by atoms with Crippen LogP contribution in [0.1, 0.15) is 43.7 Å². The van der Waals surface area contributed by atoms with E-state index >= 15 is 8.78 Å². The summed E-state index contributed by atoms with van der Waals surface area (Å²) >= 11 is 0. The molecule has 1 fully saturated rings. The summed E-state index contributed by atoms with van der Waals surface area (Å²) in [5, 5.41) is 13.3. The van der Waals surface area contributed by atoms with Gasteiger partial charge in [-0.3, -0.25) is 9.59 Å². The third-order valence-corrected chi connectivity index (χ3v) is 6.90. The highest BCUT2D eigenvalue weighted by molar-refractivity contribution is 5.86. The Morgan fingerprint density at radius 1 is 1.00 bits per heavy atom. The SMILES string of the molecule is CC(NC(=O)C(F)(F)C(NC(=O)OCC1c2ccccc2-c2ccccc21)C1CC1)C(C)C(=O)O. The van der Waals surface area contributed by atoms with Gasteiger partial charge in [0.1, 0.15) is 12.6 Å². The van der Waals surface area contributed by atoms with Crippen LogP contribution in [0.5, 0.6) is 0 Å². The molecule has 0 aromatic heterocycles. The second-order valence-corrected chi connectivity index (χ2v) is 9.30. The molecule has 7 nitrogen and oxygen atoms in total. The van der Waals surface area contributed by atoms with Gasteiger partial charge in [-0.25, -0.2) is 4.79 Å². The third-order valence-electron chi connectivity index (χ3n) is 6.90.